The number of carbonyl (C=O) groups is 4. The fourth-order valence-corrected chi connectivity index (χ4v) is 5.25. The molecule has 1 fully saturated rings. The largest absolute Gasteiger partial charge is 0.477 e. The van der Waals surface area contributed by atoms with Gasteiger partial charge in [-0.2, -0.15) is 0 Å². The molecule has 11 heteroatoms. The van der Waals surface area contributed by atoms with Crippen molar-refractivity contribution in [3.8, 4) is 0 Å². The molecule has 2 amide bonds. The topological polar surface area (TPSA) is 137 Å². The summed E-state index contributed by atoms with van der Waals surface area (Å²) in [5.41, 5.74) is 0.932. The molecule has 3 heterocycles. The van der Waals surface area contributed by atoms with E-state index in [4.69, 9.17) is 4.74 Å². The summed E-state index contributed by atoms with van der Waals surface area (Å²) >= 11 is 1.32. The molecule has 0 radical (unpaired) electrons. The van der Waals surface area contributed by atoms with Crippen LogP contribution in [0.4, 0.5) is 0 Å². The monoisotopic (exact) mass is 458 g/mol. The van der Waals surface area contributed by atoms with Crippen molar-refractivity contribution in [1.29, 1.82) is 0 Å². The first-order valence-corrected chi connectivity index (χ1v) is 11.0. The number of hydrogen-bond acceptors (Lipinski definition) is 8. The Hall–Kier alpha value is -3.47. The number of carbonyl (C=O) groups excluding carboxylic acids is 3. The maximum Gasteiger partial charge on any atom is 0.352 e. The number of nitrogens with zero attached hydrogens (tertiary/aromatic N) is 1. The molecule has 1 unspecified atom stereocenters. The molecule has 3 atom stereocenters. The van der Waals surface area contributed by atoms with Crippen LogP contribution in [0.3, 0.4) is 0 Å². The van der Waals surface area contributed by atoms with Gasteiger partial charge in [-0.1, -0.05) is 30.3 Å². The van der Waals surface area contributed by atoms with Gasteiger partial charge >= 0.3 is 11.9 Å². The smallest absolute Gasteiger partial charge is 0.352 e. The van der Waals surface area contributed by atoms with E-state index in [0.717, 1.165) is 10.5 Å². The molecule has 0 spiro atoms. The molecule has 0 aliphatic carbocycles. The summed E-state index contributed by atoms with van der Waals surface area (Å²) in [5, 5.41) is 18.1. The van der Waals surface area contributed by atoms with Gasteiger partial charge in [0.05, 0.1) is 0 Å². The Morgan fingerprint density at radius 2 is 1.94 bits per heavy atom. The predicted molar refractivity (Wildman–Crippen MR) is 115 cm³/mol. The SMILES string of the molecule is CC(=O)OCC1=C(C(=O)O)N2C(=O)[C@@H](NC(=O)C(c3ccccc3)C3NC=CN3)[C@H]2SC1. The zero-order valence-electron chi connectivity index (χ0n) is 17.1. The number of benzene rings is 1. The molecule has 0 saturated carbocycles. The lowest BCUT2D eigenvalue weighted by Gasteiger charge is -2.49. The van der Waals surface area contributed by atoms with Crippen molar-refractivity contribution in [1.82, 2.24) is 20.9 Å². The van der Waals surface area contributed by atoms with Crippen molar-refractivity contribution in [3.63, 3.8) is 0 Å². The van der Waals surface area contributed by atoms with E-state index in [1.165, 1.54) is 18.7 Å². The highest BCUT2D eigenvalue weighted by atomic mass is 32.2. The normalized spacial score (nSPS) is 22.9. The van der Waals surface area contributed by atoms with Gasteiger partial charge in [-0.25, -0.2) is 4.79 Å². The van der Waals surface area contributed by atoms with E-state index in [9.17, 15) is 24.3 Å². The summed E-state index contributed by atoms with van der Waals surface area (Å²) in [6.45, 7) is 1.03. The van der Waals surface area contributed by atoms with Crippen LogP contribution < -0.4 is 16.0 Å². The Balaban J connectivity index is 1.51. The number of rotatable bonds is 7. The van der Waals surface area contributed by atoms with E-state index in [0.29, 0.717) is 5.57 Å². The first-order valence-electron chi connectivity index (χ1n) is 9.94. The van der Waals surface area contributed by atoms with Gasteiger partial charge in [0.25, 0.3) is 5.91 Å². The second-order valence-corrected chi connectivity index (χ2v) is 8.57. The third-order valence-corrected chi connectivity index (χ3v) is 6.75. The van der Waals surface area contributed by atoms with Crippen molar-refractivity contribution in [2.24, 2.45) is 0 Å². The highest BCUT2D eigenvalue weighted by molar-refractivity contribution is 8.00. The molecular formula is C21H22N4O6S. The van der Waals surface area contributed by atoms with Crippen molar-refractivity contribution in [2.45, 2.75) is 30.4 Å². The fraction of sp³-hybridized carbons (Fsp3) is 0.333. The Morgan fingerprint density at radius 1 is 1.25 bits per heavy atom. The first kappa shape index (κ1) is 21.8. The molecule has 1 aromatic carbocycles. The average Bonchev–Trinajstić information content (AvgIpc) is 3.30. The highest BCUT2D eigenvalue weighted by Crippen LogP contribution is 2.40. The first-order chi connectivity index (χ1) is 15.4. The van der Waals surface area contributed by atoms with E-state index < -0.39 is 35.2 Å². The van der Waals surface area contributed by atoms with Gasteiger partial charge in [0.15, 0.2) is 0 Å². The van der Waals surface area contributed by atoms with Crippen molar-refractivity contribution < 1.29 is 29.0 Å². The minimum absolute atomic E-state index is 0.187. The van der Waals surface area contributed by atoms with Gasteiger partial charge in [-0.15, -0.1) is 11.8 Å². The Morgan fingerprint density at radius 3 is 2.56 bits per heavy atom. The van der Waals surface area contributed by atoms with Crippen LogP contribution in [-0.2, 0) is 23.9 Å². The standard InChI is InChI=1S/C21H22N4O6S/c1-11(26)31-9-13-10-32-20-15(19(28)25(20)16(13)21(29)30)24-18(27)14(17-22-7-8-23-17)12-5-3-2-4-6-12/h2-8,14-15,17,20,22-23H,9-10H2,1H3,(H,24,27)(H,29,30)/t14?,15-,20-/m1/s1. The Kier molecular flexibility index (Phi) is 6.08. The van der Waals surface area contributed by atoms with Crippen LogP contribution >= 0.6 is 11.8 Å². The lowest BCUT2D eigenvalue weighted by Crippen LogP contribution is -2.71. The summed E-state index contributed by atoms with van der Waals surface area (Å²) in [7, 11) is 0. The summed E-state index contributed by atoms with van der Waals surface area (Å²) in [6, 6.07) is 8.34. The number of fused-ring (bicyclic) bond motifs is 1. The third-order valence-electron chi connectivity index (χ3n) is 5.41. The number of amides is 2. The van der Waals surface area contributed by atoms with Crippen LogP contribution in [0.15, 0.2) is 54.0 Å². The zero-order chi connectivity index (χ0) is 22.8. The minimum atomic E-state index is -1.27. The number of carboxylic acid groups (broad SMARTS) is 1. The minimum Gasteiger partial charge on any atom is -0.477 e. The van der Waals surface area contributed by atoms with Gasteiger partial charge in [0, 0.05) is 30.6 Å². The number of hydrogen-bond donors (Lipinski definition) is 4. The fourth-order valence-electron chi connectivity index (χ4n) is 3.93. The zero-order valence-corrected chi connectivity index (χ0v) is 17.9. The number of β-lactam (4-membered cyclic amide) rings is 1. The van der Waals surface area contributed by atoms with Gasteiger partial charge in [0.2, 0.25) is 5.91 Å². The number of ether oxygens (including phenoxy) is 1. The molecule has 10 nitrogen and oxygen atoms in total. The number of aliphatic carboxylic acids is 1. The van der Waals surface area contributed by atoms with Crippen LogP contribution in [-0.4, -0.2) is 63.7 Å². The van der Waals surface area contributed by atoms with Gasteiger partial charge in [0.1, 0.15) is 35.8 Å². The van der Waals surface area contributed by atoms with Crippen LogP contribution in [0.2, 0.25) is 0 Å². The molecule has 3 aliphatic heterocycles. The number of esters is 1. The van der Waals surface area contributed by atoms with E-state index in [1.807, 2.05) is 30.3 Å². The second kappa shape index (κ2) is 8.95. The lowest BCUT2D eigenvalue weighted by atomic mass is 9.93. The highest BCUT2D eigenvalue weighted by Gasteiger charge is 2.54. The molecule has 0 bridgehead atoms. The van der Waals surface area contributed by atoms with E-state index in [2.05, 4.69) is 16.0 Å². The molecule has 4 N–H and O–H groups in total. The van der Waals surface area contributed by atoms with E-state index in [1.54, 1.807) is 12.4 Å². The van der Waals surface area contributed by atoms with Crippen molar-refractivity contribution in [2.75, 3.05) is 12.4 Å². The summed E-state index contributed by atoms with van der Waals surface area (Å²) < 4.78 is 4.93. The molecule has 32 heavy (non-hydrogen) atoms. The van der Waals surface area contributed by atoms with E-state index in [-0.39, 0.29) is 30.1 Å². The van der Waals surface area contributed by atoms with Crippen molar-refractivity contribution in [3.05, 3.63) is 59.6 Å². The molecule has 0 aromatic heterocycles. The van der Waals surface area contributed by atoms with Crippen LogP contribution in [0.25, 0.3) is 0 Å². The van der Waals surface area contributed by atoms with E-state index >= 15 is 0 Å². The summed E-state index contributed by atoms with van der Waals surface area (Å²) in [4.78, 5) is 50.2. The molecule has 3 aliphatic rings. The van der Waals surface area contributed by atoms with Gasteiger partial charge in [-0.3, -0.25) is 19.3 Å². The summed E-state index contributed by atoms with van der Waals surface area (Å²) in [5.74, 6) is -3.02. The quantitative estimate of drug-likeness (QED) is 0.330. The Bertz CT molecular complexity index is 1000. The van der Waals surface area contributed by atoms with Crippen LogP contribution in [0.5, 0.6) is 0 Å². The maximum absolute atomic E-state index is 13.2. The van der Waals surface area contributed by atoms with Gasteiger partial charge in [-0.05, 0) is 5.56 Å². The summed E-state index contributed by atoms with van der Waals surface area (Å²) in [6.07, 6.45) is 3.03. The van der Waals surface area contributed by atoms with Gasteiger partial charge < -0.3 is 25.8 Å². The molecule has 1 saturated heterocycles. The lowest BCUT2D eigenvalue weighted by molar-refractivity contribution is -0.151. The van der Waals surface area contributed by atoms with Crippen LogP contribution in [0.1, 0.15) is 18.4 Å². The van der Waals surface area contributed by atoms with Crippen molar-refractivity contribution >= 4 is 35.5 Å². The molecule has 4 rings (SSSR count). The third kappa shape index (κ3) is 4.03. The molecule has 1 aromatic rings. The second-order valence-electron chi connectivity index (χ2n) is 7.47. The maximum atomic E-state index is 13.2. The predicted octanol–water partition coefficient (Wildman–Crippen LogP) is 0.0620. The number of nitrogens with one attached hydrogen (secondary N) is 3. The number of carboxylic acids is 1. The average molecular weight is 458 g/mol. The molecule has 168 valence electrons. The number of thioether (sulfide) groups is 1. The Labute approximate surface area is 188 Å². The molecular weight excluding hydrogens is 436 g/mol. The van der Waals surface area contributed by atoms with Crippen LogP contribution in [0, 0.1) is 0 Å².